The number of aliphatic carboxylic acids is 1. The van der Waals surface area contributed by atoms with Crippen molar-refractivity contribution in [3.05, 3.63) is 42.2 Å². The molecule has 0 spiro atoms. The summed E-state index contributed by atoms with van der Waals surface area (Å²) in [5, 5.41) is 19.6. The second kappa shape index (κ2) is 4.52. The van der Waals surface area contributed by atoms with Gasteiger partial charge in [-0.3, -0.25) is 0 Å². The maximum atomic E-state index is 11.1. The summed E-state index contributed by atoms with van der Waals surface area (Å²) >= 11 is 0. The summed E-state index contributed by atoms with van der Waals surface area (Å²) in [5.41, 5.74) is 0.936. The van der Waals surface area contributed by atoms with Crippen molar-refractivity contribution in [2.45, 2.75) is 12.5 Å². The summed E-state index contributed by atoms with van der Waals surface area (Å²) in [6, 6.07) is 8.61. The Morgan fingerprint density at radius 1 is 1.38 bits per heavy atom. The maximum absolute atomic E-state index is 11.1. The Morgan fingerprint density at radius 2 is 2.12 bits per heavy atom. The Morgan fingerprint density at radius 3 is 2.69 bits per heavy atom. The Balaban J connectivity index is 2.19. The van der Waals surface area contributed by atoms with Gasteiger partial charge in [0.2, 0.25) is 0 Å². The molecule has 0 aliphatic heterocycles. The van der Waals surface area contributed by atoms with Gasteiger partial charge in [-0.15, -0.1) is 5.10 Å². The van der Waals surface area contributed by atoms with E-state index in [1.165, 1.54) is 11.0 Å². The first-order chi connectivity index (χ1) is 7.77. The van der Waals surface area contributed by atoms with Crippen molar-refractivity contribution < 1.29 is 9.90 Å². The van der Waals surface area contributed by atoms with Crippen molar-refractivity contribution in [2.24, 2.45) is 0 Å². The fourth-order valence-electron chi connectivity index (χ4n) is 1.44. The van der Waals surface area contributed by atoms with Crippen LogP contribution in [0.2, 0.25) is 0 Å². The van der Waals surface area contributed by atoms with E-state index in [4.69, 9.17) is 5.11 Å². The summed E-state index contributed by atoms with van der Waals surface area (Å²) in [4.78, 5) is 11.1. The van der Waals surface area contributed by atoms with E-state index >= 15 is 0 Å². The van der Waals surface area contributed by atoms with Gasteiger partial charge in [-0.1, -0.05) is 30.3 Å². The van der Waals surface area contributed by atoms with Gasteiger partial charge in [0, 0.05) is 6.42 Å². The minimum Gasteiger partial charge on any atom is -0.480 e. The average Bonchev–Trinajstić information content (AvgIpc) is 2.80. The number of tetrazole rings is 1. The average molecular weight is 218 g/mol. The number of rotatable bonds is 4. The number of nitrogens with zero attached hydrogens (tertiary/aromatic N) is 4. The fraction of sp³-hybridized carbons (Fsp3) is 0.200. The molecule has 6 nitrogen and oxygen atoms in total. The standard InChI is InChI=1S/C10H10N4O2/c15-10(16)9(14-7-11-12-13-14)6-8-4-2-1-3-5-8/h1-5,7,9H,6H2,(H,15,16)/t9-/m0/s1. The second-order valence-corrected chi connectivity index (χ2v) is 3.33. The van der Waals surface area contributed by atoms with Crippen molar-refractivity contribution in [1.82, 2.24) is 20.2 Å². The molecule has 6 heteroatoms. The zero-order chi connectivity index (χ0) is 11.4. The first-order valence-corrected chi connectivity index (χ1v) is 4.76. The van der Waals surface area contributed by atoms with Crippen LogP contribution in [0, 0.1) is 0 Å². The molecule has 0 bridgehead atoms. The quantitative estimate of drug-likeness (QED) is 0.810. The molecular formula is C10H10N4O2. The van der Waals surface area contributed by atoms with Gasteiger partial charge in [0.25, 0.3) is 0 Å². The number of carboxylic acid groups (broad SMARTS) is 1. The van der Waals surface area contributed by atoms with E-state index in [1.54, 1.807) is 0 Å². The zero-order valence-corrected chi connectivity index (χ0v) is 8.39. The summed E-state index contributed by atoms with van der Waals surface area (Å²) in [5.74, 6) is -0.948. The van der Waals surface area contributed by atoms with Crippen molar-refractivity contribution in [3.63, 3.8) is 0 Å². The largest absolute Gasteiger partial charge is 0.480 e. The molecule has 0 aliphatic rings. The van der Waals surface area contributed by atoms with Crippen LogP contribution in [0.25, 0.3) is 0 Å². The van der Waals surface area contributed by atoms with Crippen LogP contribution in [0.5, 0.6) is 0 Å². The highest BCUT2D eigenvalue weighted by molar-refractivity contribution is 5.72. The molecule has 0 aliphatic carbocycles. The molecule has 2 rings (SSSR count). The van der Waals surface area contributed by atoms with Crippen LogP contribution in [-0.4, -0.2) is 31.3 Å². The minimum absolute atomic E-state index is 0.362. The van der Waals surface area contributed by atoms with Crippen LogP contribution in [0.15, 0.2) is 36.7 Å². The molecule has 16 heavy (non-hydrogen) atoms. The number of hydrogen-bond acceptors (Lipinski definition) is 4. The highest BCUT2D eigenvalue weighted by Crippen LogP contribution is 2.12. The van der Waals surface area contributed by atoms with E-state index in [0.717, 1.165) is 5.56 Å². The maximum Gasteiger partial charge on any atom is 0.328 e. The van der Waals surface area contributed by atoms with Gasteiger partial charge in [0.1, 0.15) is 6.33 Å². The first-order valence-electron chi connectivity index (χ1n) is 4.76. The normalized spacial score (nSPS) is 12.2. The van der Waals surface area contributed by atoms with Gasteiger partial charge in [-0.25, -0.2) is 9.48 Å². The molecule has 0 radical (unpaired) electrons. The van der Waals surface area contributed by atoms with E-state index in [-0.39, 0.29) is 0 Å². The molecule has 0 saturated heterocycles. The van der Waals surface area contributed by atoms with Gasteiger partial charge in [-0.05, 0) is 16.0 Å². The van der Waals surface area contributed by atoms with Gasteiger partial charge in [0.15, 0.2) is 6.04 Å². The van der Waals surface area contributed by atoms with Crippen LogP contribution in [0.4, 0.5) is 0 Å². The molecular weight excluding hydrogens is 208 g/mol. The van der Waals surface area contributed by atoms with Gasteiger partial charge in [0.05, 0.1) is 0 Å². The number of aromatic nitrogens is 4. The number of benzene rings is 1. The molecule has 1 N–H and O–H groups in total. The SMILES string of the molecule is O=C(O)[C@H](Cc1ccccc1)n1cnnn1. The number of carboxylic acids is 1. The Kier molecular flexibility index (Phi) is 2.90. The highest BCUT2D eigenvalue weighted by atomic mass is 16.4. The van der Waals surface area contributed by atoms with E-state index in [1.807, 2.05) is 30.3 Å². The van der Waals surface area contributed by atoms with Crippen molar-refractivity contribution in [1.29, 1.82) is 0 Å². The zero-order valence-electron chi connectivity index (χ0n) is 8.39. The third-order valence-electron chi connectivity index (χ3n) is 2.24. The molecule has 0 unspecified atom stereocenters. The molecule has 0 amide bonds. The summed E-state index contributed by atoms with van der Waals surface area (Å²) in [6.07, 6.45) is 1.67. The Hall–Kier alpha value is -2.24. The minimum atomic E-state index is -0.948. The predicted molar refractivity (Wildman–Crippen MR) is 54.6 cm³/mol. The third-order valence-corrected chi connectivity index (χ3v) is 2.24. The molecule has 2 aromatic rings. The molecule has 1 aromatic carbocycles. The monoisotopic (exact) mass is 218 g/mol. The molecule has 1 aromatic heterocycles. The van der Waals surface area contributed by atoms with Gasteiger partial charge < -0.3 is 5.11 Å². The van der Waals surface area contributed by atoms with E-state index in [2.05, 4.69) is 15.5 Å². The van der Waals surface area contributed by atoms with Crippen LogP contribution in [-0.2, 0) is 11.2 Å². The van der Waals surface area contributed by atoms with Crippen molar-refractivity contribution in [2.75, 3.05) is 0 Å². The van der Waals surface area contributed by atoms with Crippen LogP contribution >= 0.6 is 0 Å². The smallest absolute Gasteiger partial charge is 0.328 e. The second-order valence-electron chi connectivity index (χ2n) is 3.33. The number of carbonyl (C=O) groups is 1. The molecule has 0 saturated carbocycles. The lowest BCUT2D eigenvalue weighted by molar-refractivity contribution is -0.141. The van der Waals surface area contributed by atoms with E-state index < -0.39 is 12.0 Å². The summed E-state index contributed by atoms with van der Waals surface area (Å²) in [7, 11) is 0. The Bertz CT molecular complexity index is 455. The fourth-order valence-corrected chi connectivity index (χ4v) is 1.44. The molecule has 1 atom stereocenters. The van der Waals surface area contributed by atoms with Crippen LogP contribution in [0.3, 0.4) is 0 Å². The lowest BCUT2D eigenvalue weighted by Gasteiger charge is -2.10. The molecule has 82 valence electrons. The highest BCUT2D eigenvalue weighted by Gasteiger charge is 2.20. The van der Waals surface area contributed by atoms with Crippen LogP contribution < -0.4 is 0 Å². The number of hydrogen-bond donors (Lipinski definition) is 1. The Labute approximate surface area is 91.5 Å². The van der Waals surface area contributed by atoms with Crippen LogP contribution in [0.1, 0.15) is 11.6 Å². The topological polar surface area (TPSA) is 80.9 Å². The third kappa shape index (κ3) is 2.22. The van der Waals surface area contributed by atoms with E-state index in [0.29, 0.717) is 6.42 Å². The lowest BCUT2D eigenvalue weighted by Crippen LogP contribution is -2.22. The molecule has 0 fully saturated rings. The van der Waals surface area contributed by atoms with Crippen molar-refractivity contribution in [3.8, 4) is 0 Å². The first kappa shape index (κ1) is 10.3. The summed E-state index contributed by atoms with van der Waals surface area (Å²) in [6.45, 7) is 0. The predicted octanol–water partition coefficient (Wildman–Crippen LogP) is 0.541. The summed E-state index contributed by atoms with van der Waals surface area (Å²) < 4.78 is 1.25. The van der Waals surface area contributed by atoms with Gasteiger partial charge >= 0.3 is 5.97 Å². The van der Waals surface area contributed by atoms with Gasteiger partial charge in [-0.2, -0.15) is 0 Å². The lowest BCUT2D eigenvalue weighted by atomic mass is 10.1. The van der Waals surface area contributed by atoms with Crippen molar-refractivity contribution >= 4 is 5.97 Å². The molecule has 1 heterocycles. The van der Waals surface area contributed by atoms with E-state index in [9.17, 15) is 4.79 Å².